The normalized spacial score (nSPS) is 13.1. The van der Waals surface area contributed by atoms with E-state index in [0.29, 0.717) is 11.1 Å². The average Bonchev–Trinajstić information content (AvgIpc) is 2.76. The minimum atomic E-state index is -3.07. The van der Waals surface area contributed by atoms with Crippen molar-refractivity contribution >= 4 is 47.9 Å². The lowest BCUT2D eigenvalue weighted by molar-refractivity contribution is -0.145. The molecule has 32 heavy (non-hydrogen) atoms. The van der Waals surface area contributed by atoms with Crippen molar-refractivity contribution in [1.82, 2.24) is 10.2 Å². The second-order valence-corrected chi connectivity index (χ2v) is 13.7. The molecule has 1 aromatic heterocycles. The van der Waals surface area contributed by atoms with E-state index in [1.165, 1.54) is 0 Å². The first-order valence-electron chi connectivity index (χ1n) is 10.3. The number of rotatable bonds is 7. The van der Waals surface area contributed by atoms with Gasteiger partial charge >= 0.3 is 5.97 Å². The van der Waals surface area contributed by atoms with Crippen molar-refractivity contribution in [1.29, 1.82) is 0 Å². The van der Waals surface area contributed by atoms with Gasteiger partial charge in [0, 0.05) is 12.0 Å². The highest BCUT2D eigenvalue weighted by atomic mass is 35.5. The molecular weight excluding hydrogens is 463 g/mol. The number of nitrogens with zero attached hydrogens (tertiary/aromatic N) is 2. The van der Waals surface area contributed by atoms with Crippen LogP contribution in [0.15, 0.2) is 60.7 Å². The molecule has 0 fully saturated rings. The van der Waals surface area contributed by atoms with Gasteiger partial charge < -0.3 is 9.53 Å². The zero-order chi connectivity index (χ0) is 23.5. The summed E-state index contributed by atoms with van der Waals surface area (Å²) in [5.74, 6) is -1.07. The lowest BCUT2D eigenvalue weighted by Gasteiger charge is -2.44. The van der Waals surface area contributed by atoms with Gasteiger partial charge in [-0.2, -0.15) is 0 Å². The van der Waals surface area contributed by atoms with Gasteiger partial charge in [-0.05, 0) is 27.9 Å². The highest BCUT2D eigenvalue weighted by molar-refractivity contribution is 6.99. The molecule has 5 nitrogen and oxygen atoms in total. The first-order chi connectivity index (χ1) is 15.1. The molecule has 0 aliphatic heterocycles. The molecule has 1 N–H and O–H groups in total. The van der Waals surface area contributed by atoms with Crippen molar-refractivity contribution in [3.05, 3.63) is 82.1 Å². The summed E-state index contributed by atoms with van der Waals surface area (Å²) in [5.41, 5.74) is 1.13. The Kier molecular flexibility index (Phi) is 7.40. The van der Waals surface area contributed by atoms with Crippen molar-refractivity contribution in [2.24, 2.45) is 0 Å². The number of hydrogen-bond acceptors (Lipinski definition) is 4. The van der Waals surface area contributed by atoms with Crippen LogP contribution in [-0.2, 0) is 15.6 Å². The molecule has 168 valence electrons. The molecule has 0 aliphatic carbocycles. The Labute approximate surface area is 199 Å². The summed E-state index contributed by atoms with van der Waals surface area (Å²) in [7, 11) is -3.07. The summed E-state index contributed by atoms with van der Waals surface area (Å²) in [6, 6.07) is 19.8. The number of benzene rings is 2. The van der Waals surface area contributed by atoms with Crippen LogP contribution in [0.1, 0.15) is 31.9 Å². The van der Waals surface area contributed by atoms with Crippen LogP contribution in [0.5, 0.6) is 0 Å². The van der Waals surface area contributed by atoms with Gasteiger partial charge in [-0.3, -0.25) is 0 Å². The summed E-state index contributed by atoms with van der Waals surface area (Å²) in [6.45, 7) is 8.05. The summed E-state index contributed by atoms with van der Waals surface area (Å²) in [4.78, 5) is 12.5. The largest absolute Gasteiger partial charge is 0.479 e. The summed E-state index contributed by atoms with van der Waals surface area (Å²) < 4.78 is 6.78. The van der Waals surface area contributed by atoms with Crippen molar-refractivity contribution < 1.29 is 14.3 Å². The van der Waals surface area contributed by atoms with E-state index in [-0.39, 0.29) is 21.8 Å². The monoisotopic (exact) mass is 488 g/mol. The maximum atomic E-state index is 12.5. The Morgan fingerprint density at radius 2 is 1.44 bits per heavy atom. The number of carbonyl (C=O) groups is 1. The van der Waals surface area contributed by atoms with E-state index in [4.69, 9.17) is 27.6 Å². The maximum absolute atomic E-state index is 12.5. The summed E-state index contributed by atoms with van der Waals surface area (Å²) in [5, 5.41) is 19.8. The smallest absolute Gasteiger partial charge is 0.331 e. The van der Waals surface area contributed by atoms with Crippen LogP contribution in [0.2, 0.25) is 15.3 Å². The van der Waals surface area contributed by atoms with Crippen LogP contribution in [-0.4, -0.2) is 35.7 Å². The summed E-state index contributed by atoms with van der Waals surface area (Å²) in [6.07, 6.45) is -1.13. The number of hydrogen-bond donors (Lipinski definition) is 1. The molecule has 0 amide bonds. The third-order valence-electron chi connectivity index (χ3n) is 5.64. The van der Waals surface area contributed by atoms with E-state index in [0.717, 1.165) is 10.4 Å². The maximum Gasteiger partial charge on any atom is 0.331 e. The second kappa shape index (κ2) is 9.71. The minimum Gasteiger partial charge on any atom is -0.479 e. The first-order valence-corrected chi connectivity index (χ1v) is 12.9. The molecule has 0 aliphatic rings. The highest BCUT2D eigenvalue weighted by Gasteiger charge is 2.52. The molecule has 0 radical (unpaired) electrons. The number of aromatic nitrogens is 2. The summed E-state index contributed by atoms with van der Waals surface area (Å²) >= 11 is 12.4. The van der Waals surface area contributed by atoms with Gasteiger partial charge in [0.05, 0.1) is 0 Å². The van der Waals surface area contributed by atoms with Crippen molar-refractivity contribution in [3.8, 4) is 0 Å². The molecule has 0 bridgehead atoms. The fourth-order valence-electron chi connectivity index (χ4n) is 4.01. The van der Waals surface area contributed by atoms with E-state index in [1.807, 2.05) is 60.7 Å². The highest BCUT2D eigenvalue weighted by Crippen LogP contribution is 2.38. The second-order valence-electron chi connectivity index (χ2n) is 8.70. The van der Waals surface area contributed by atoms with Crippen molar-refractivity contribution in [3.63, 3.8) is 0 Å². The Balaban J connectivity index is 2.19. The zero-order valence-electron chi connectivity index (χ0n) is 18.5. The van der Waals surface area contributed by atoms with Crippen LogP contribution in [0.3, 0.4) is 0 Å². The molecule has 1 unspecified atom stereocenters. The van der Waals surface area contributed by atoms with Crippen LogP contribution >= 0.6 is 23.2 Å². The van der Waals surface area contributed by atoms with E-state index < -0.39 is 20.4 Å². The molecule has 2 aromatic carbocycles. The molecule has 0 saturated carbocycles. The number of halogens is 2. The van der Waals surface area contributed by atoms with Crippen LogP contribution in [0.25, 0.3) is 0 Å². The van der Waals surface area contributed by atoms with Crippen molar-refractivity contribution in [2.75, 3.05) is 0 Å². The molecule has 0 saturated heterocycles. The average molecular weight is 489 g/mol. The number of carboxylic acid groups (broad SMARTS) is 1. The topological polar surface area (TPSA) is 72.3 Å². The Bertz CT molecular complexity index is 1050. The fourth-order valence-corrected chi connectivity index (χ4v) is 9.04. The number of aliphatic carboxylic acids is 1. The third kappa shape index (κ3) is 4.74. The van der Waals surface area contributed by atoms with Crippen LogP contribution in [0.4, 0.5) is 0 Å². The molecule has 1 atom stereocenters. The quantitative estimate of drug-likeness (QED) is 0.489. The van der Waals surface area contributed by atoms with E-state index >= 15 is 0 Å². The van der Waals surface area contributed by atoms with E-state index in [1.54, 1.807) is 6.92 Å². The SMILES string of the molecule is Cc1c(Cl)nnc(Cl)c1CC(O[Si](c1ccccc1)(c1ccccc1)C(C)(C)C)C(=O)O. The molecule has 0 spiro atoms. The Morgan fingerprint density at radius 1 is 0.969 bits per heavy atom. The molecule has 3 aromatic rings. The lowest BCUT2D eigenvalue weighted by atomic mass is 10.1. The van der Waals surface area contributed by atoms with Gasteiger partial charge in [-0.15, -0.1) is 10.2 Å². The van der Waals surface area contributed by atoms with Crippen LogP contribution in [0, 0.1) is 6.92 Å². The van der Waals surface area contributed by atoms with Gasteiger partial charge in [-0.1, -0.05) is 105 Å². The molecule has 8 heteroatoms. The molecular formula is C24H26Cl2N2O3Si. The zero-order valence-corrected chi connectivity index (χ0v) is 21.0. The predicted molar refractivity (Wildman–Crippen MR) is 131 cm³/mol. The van der Waals surface area contributed by atoms with Gasteiger partial charge in [0.1, 0.15) is 6.10 Å². The van der Waals surface area contributed by atoms with Gasteiger partial charge in [0.2, 0.25) is 0 Å². The minimum absolute atomic E-state index is 0.0275. The predicted octanol–water partition coefficient (Wildman–Crippen LogP) is 4.66. The van der Waals surface area contributed by atoms with Gasteiger partial charge in [-0.25, -0.2) is 4.79 Å². The van der Waals surface area contributed by atoms with Crippen LogP contribution < -0.4 is 10.4 Å². The van der Waals surface area contributed by atoms with Gasteiger partial charge in [0.15, 0.2) is 10.3 Å². The van der Waals surface area contributed by atoms with Crippen molar-refractivity contribution in [2.45, 2.75) is 45.3 Å². The lowest BCUT2D eigenvalue weighted by Crippen LogP contribution is -2.68. The fraction of sp³-hybridized carbons (Fsp3) is 0.292. The van der Waals surface area contributed by atoms with E-state index in [9.17, 15) is 9.90 Å². The standard InChI is InChI=1S/C24H26Cl2N2O3Si/c1-16-19(22(26)28-27-21(16)25)15-20(23(29)30)31-32(24(2,3)4,17-11-7-5-8-12-17)18-13-9-6-10-14-18/h5-14,20H,15H2,1-4H3,(H,29,30). The van der Waals surface area contributed by atoms with E-state index in [2.05, 4.69) is 31.0 Å². The first kappa shape index (κ1) is 24.4. The Morgan fingerprint density at radius 3 is 1.88 bits per heavy atom. The molecule has 3 rings (SSSR count). The number of carboxylic acids is 1. The molecule has 1 heterocycles. The van der Waals surface area contributed by atoms with Gasteiger partial charge in [0.25, 0.3) is 8.32 Å². The third-order valence-corrected chi connectivity index (χ3v) is 11.3. The Hall–Kier alpha value is -2.25.